The van der Waals surface area contributed by atoms with E-state index in [1.54, 1.807) is 11.6 Å². The van der Waals surface area contributed by atoms with Gasteiger partial charge in [0.25, 0.3) is 0 Å². The Morgan fingerprint density at radius 3 is 1.73 bits per heavy atom. The summed E-state index contributed by atoms with van der Waals surface area (Å²) in [6.45, 7) is 10.4. The van der Waals surface area contributed by atoms with Gasteiger partial charge in [0.1, 0.15) is 0 Å². The zero-order chi connectivity index (χ0) is 27.3. The van der Waals surface area contributed by atoms with Gasteiger partial charge in [-0.1, -0.05) is 28.9 Å². The fourth-order valence-corrected chi connectivity index (χ4v) is 4.14. The minimum absolute atomic E-state index is 0.315. The van der Waals surface area contributed by atoms with Gasteiger partial charge in [-0.15, -0.1) is 0 Å². The van der Waals surface area contributed by atoms with Gasteiger partial charge in [-0.05, 0) is 73.0 Å². The maximum Gasteiger partial charge on any atom is 0.241 e. The maximum atomic E-state index is 10.5. The summed E-state index contributed by atoms with van der Waals surface area (Å²) in [5.74, 6) is -0.315. The van der Waals surface area contributed by atoms with Crippen molar-refractivity contribution in [3.8, 4) is 0 Å². The highest BCUT2D eigenvalue weighted by molar-refractivity contribution is 5.86. The predicted molar refractivity (Wildman–Crippen MR) is 149 cm³/mol. The van der Waals surface area contributed by atoms with Crippen LogP contribution in [0.15, 0.2) is 39.9 Å². The van der Waals surface area contributed by atoms with Crippen molar-refractivity contribution in [1.82, 2.24) is 14.7 Å². The van der Waals surface area contributed by atoms with Crippen LogP contribution in [0.1, 0.15) is 51.9 Å². The first-order valence-corrected chi connectivity index (χ1v) is 13.5. The van der Waals surface area contributed by atoms with Crippen LogP contribution in [0.5, 0.6) is 0 Å². The Kier molecular flexibility index (Phi) is 18.6. The van der Waals surface area contributed by atoms with E-state index in [2.05, 4.69) is 46.9 Å². The second kappa shape index (κ2) is 20.9. The number of primary amides is 1. The van der Waals surface area contributed by atoms with Crippen LogP contribution in [0.25, 0.3) is 0 Å². The minimum Gasteiger partial charge on any atom is -0.366 e. The van der Waals surface area contributed by atoms with Crippen LogP contribution in [0.4, 0.5) is 0 Å². The van der Waals surface area contributed by atoms with Crippen molar-refractivity contribution in [3.63, 3.8) is 0 Å². The van der Waals surface area contributed by atoms with Gasteiger partial charge in [-0.3, -0.25) is 4.79 Å². The monoisotopic (exact) mass is 519 g/mol. The number of hydrogen-bond acceptors (Lipinski definition) is 8. The third kappa shape index (κ3) is 17.9. The second-order valence-electron chi connectivity index (χ2n) is 9.79. The first-order valence-electron chi connectivity index (χ1n) is 13.5. The van der Waals surface area contributed by atoms with Crippen LogP contribution in [0.2, 0.25) is 0 Å². The van der Waals surface area contributed by atoms with Gasteiger partial charge in [0, 0.05) is 45.3 Å². The molecule has 3 heterocycles. The molecule has 9 nitrogen and oxygen atoms in total. The number of aliphatic imine (C=N–C) groups is 1. The van der Waals surface area contributed by atoms with Crippen LogP contribution in [0, 0.1) is 0 Å². The van der Waals surface area contributed by atoms with E-state index in [0.717, 1.165) is 58.3 Å². The van der Waals surface area contributed by atoms with Crippen LogP contribution >= 0.6 is 0 Å². The molecule has 3 rings (SSSR count). The average molecular weight is 520 g/mol. The summed E-state index contributed by atoms with van der Waals surface area (Å²) in [7, 11) is 6.39. The van der Waals surface area contributed by atoms with E-state index in [0.29, 0.717) is 19.8 Å². The highest BCUT2D eigenvalue weighted by Gasteiger charge is 2.10. The van der Waals surface area contributed by atoms with Crippen molar-refractivity contribution < 1.29 is 19.4 Å². The van der Waals surface area contributed by atoms with Gasteiger partial charge >= 0.3 is 0 Å². The molecule has 3 aliphatic heterocycles. The Morgan fingerprint density at radius 2 is 1.30 bits per heavy atom. The minimum atomic E-state index is -0.315. The average Bonchev–Trinajstić information content (AvgIpc) is 2.88. The van der Waals surface area contributed by atoms with Crippen molar-refractivity contribution in [3.05, 3.63) is 34.9 Å². The highest BCUT2D eigenvalue weighted by Crippen LogP contribution is 2.16. The largest absolute Gasteiger partial charge is 0.366 e. The summed E-state index contributed by atoms with van der Waals surface area (Å²) in [6, 6.07) is 0. The number of carbonyl (C=O) groups is 1. The first kappa shape index (κ1) is 32.9. The number of carbonyl (C=O) groups excluding carboxylic acids is 2. The van der Waals surface area contributed by atoms with Gasteiger partial charge in [0.05, 0.1) is 19.8 Å². The number of rotatable bonds is 8. The van der Waals surface area contributed by atoms with Crippen LogP contribution in [-0.2, 0) is 19.4 Å². The van der Waals surface area contributed by atoms with Crippen LogP contribution in [-0.4, -0.2) is 107 Å². The van der Waals surface area contributed by atoms with E-state index in [1.165, 1.54) is 43.2 Å². The Balaban J connectivity index is 0.000000280. The van der Waals surface area contributed by atoms with E-state index in [4.69, 9.17) is 15.5 Å². The molecule has 37 heavy (non-hydrogen) atoms. The predicted octanol–water partition coefficient (Wildman–Crippen LogP) is 3.09. The second-order valence-corrected chi connectivity index (χ2v) is 9.79. The van der Waals surface area contributed by atoms with E-state index >= 15 is 0 Å². The van der Waals surface area contributed by atoms with Gasteiger partial charge < -0.3 is 20.4 Å². The van der Waals surface area contributed by atoms with E-state index in [1.807, 2.05) is 13.0 Å². The molecule has 0 aromatic carbocycles. The molecule has 0 aliphatic carbocycles. The molecule has 0 aromatic heterocycles. The first-order chi connectivity index (χ1) is 17.8. The van der Waals surface area contributed by atoms with E-state index < -0.39 is 0 Å². The van der Waals surface area contributed by atoms with Crippen LogP contribution in [0.3, 0.4) is 0 Å². The summed E-state index contributed by atoms with van der Waals surface area (Å²) in [4.78, 5) is 40.4. The molecule has 0 bridgehead atoms. The van der Waals surface area contributed by atoms with Crippen molar-refractivity contribution in [1.29, 1.82) is 0 Å². The summed E-state index contributed by atoms with van der Waals surface area (Å²) in [5.41, 5.74) is 9.22. The Hall–Kier alpha value is -2.13. The van der Waals surface area contributed by atoms with Crippen molar-refractivity contribution in [2.24, 2.45) is 10.7 Å². The van der Waals surface area contributed by atoms with Gasteiger partial charge in [0.2, 0.25) is 12.0 Å². The number of nitrogens with zero attached hydrogens (tertiary/aromatic N) is 4. The molecule has 0 atom stereocenters. The van der Waals surface area contributed by atoms with Gasteiger partial charge in [-0.2, -0.15) is 0 Å². The fourth-order valence-electron chi connectivity index (χ4n) is 4.14. The van der Waals surface area contributed by atoms with Crippen molar-refractivity contribution >= 4 is 12.0 Å². The Morgan fingerprint density at radius 1 is 0.838 bits per heavy atom. The maximum absolute atomic E-state index is 10.5. The number of likely N-dealkylation sites (tertiary alicyclic amines) is 3. The lowest BCUT2D eigenvalue weighted by Gasteiger charge is -2.23. The Labute approximate surface area is 224 Å². The molecule has 0 aromatic rings. The summed E-state index contributed by atoms with van der Waals surface area (Å²) < 4.78 is 0. The molecule has 2 N–H and O–H groups in total. The molecule has 3 aliphatic rings. The highest BCUT2D eigenvalue weighted by atomic mass is 17.2. The molecular formula is C28H49N5O4. The molecule has 3 saturated heterocycles. The fraction of sp³-hybridized carbons (Fsp3) is 0.714. The third-order valence-electron chi connectivity index (χ3n) is 6.61. The number of nitrogens with two attached hydrogens (primary N) is 1. The zero-order valence-electron chi connectivity index (χ0n) is 23.5. The molecule has 0 saturated carbocycles. The molecule has 0 radical (unpaired) electrons. The zero-order valence-corrected chi connectivity index (χ0v) is 23.5. The smallest absolute Gasteiger partial charge is 0.241 e. The third-order valence-corrected chi connectivity index (χ3v) is 6.61. The lowest BCUT2D eigenvalue weighted by Crippen LogP contribution is -2.27. The normalized spacial score (nSPS) is 19.0. The molecule has 210 valence electrons. The SMILES string of the molecule is CCOOCCC=C1CCN(C)CC1.CN1CCC(=CC(N)=O)CC1.CN1CCC(=CCN=C=O)CC1. The molecule has 3 fully saturated rings. The molecule has 0 spiro atoms. The summed E-state index contributed by atoms with van der Waals surface area (Å²) >= 11 is 0. The van der Waals surface area contributed by atoms with Gasteiger partial charge in [0.15, 0.2) is 0 Å². The summed E-state index contributed by atoms with van der Waals surface area (Å²) in [6.07, 6.45) is 15.0. The molecule has 9 heteroatoms. The van der Waals surface area contributed by atoms with Gasteiger partial charge in [-0.25, -0.2) is 19.6 Å². The quantitative estimate of drug-likeness (QED) is 0.100. The topological polar surface area (TPSA) is 101 Å². The van der Waals surface area contributed by atoms with Crippen molar-refractivity contribution in [2.75, 3.05) is 80.2 Å². The van der Waals surface area contributed by atoms with Crippen molar-refractivity contribution in [2.45, 2.75) is 51.9 Å². The number of amides is 1. The molecule has 1 amide bonds. The van der Waals surface area contributed by atoms with Crippen LogP contribution < -0.4 is 5.73 Å². The lowest BCUT2D eigenvalue weighted by molar-refractivity contribution is -0.290. The lowest BCUT2D eigenvalue weighted by atomic mass is 10.0. The Bertz CT molecular complexity index is 759. The summed E-state index contributed by atoms with van der Waals surface area (Å²) in [5, 5.41) is 0. The van der Waals surface area contributed by atoms with E-state index in [9.17, 15) is 9.59 Å². The number of hydrogen-bond donors (Lipinski definition) is 1. The molecular weight excluding hydrogens is 470 g/mol. The number of piperidine rings is 3. The molecule has 0 unspecified atom stereocenters. The number of isocyanates is 1. The standard InChI is InChI=1S/C11H21NO2.C9H14N2O.C8H14N2O/c1-3-13-14-10-4-5-11-6-8-12(2)9-7-11;1-11-6-3-9(4-7-11)2-5-10-8-12;1-10-4-2-7(3-5-10)6-8(9)11/h5H,3-4,6-10H2,1-2H3;2H,3-7H2,1H3;6H,2-5H2,1H3,(H2,9,11). The van der Waals surface area contributed by atoms with E-state index in [-0.39, 0.29) is 5.91 Å².